The van der Waals surface area contributed by atoms with Crippen LogP contribution in [0.4, 0.5) is 0 Å². The molecule has 2 heterocycles. The number of H-pyrrole nitrogens is 1. The Bertz CT molecular complexity index is 473. The van der Waals surface area contributed by atoms with Gasteiger partial charge in [0.1, 0.15) is 0 Å². The van der Waals surface area contributed by atoms with E-state index >= 15 is 0 Å². The summed E-state index contributed by atoms with van der Waals surface area (Å²) in [5.41, 5.74) is 2.36. The average molecular weight is 203 g/mol. The molecule has 0 aliphatic carbocycles. The molecule has 0 radical (unpaired) electrons. The molecule has 0 saturated carbocycles. The van der Waals surface area contributed by atoms with Gasteiger partial charge in [-0.05, 0) is 18.1 Å². The summed E-state index contributed by atoms with van der Waals surface area (Å²) in [4.78, 5) is 3.39. The third-order valence-corrected chi connectivity index (χ3v) is 2.76. The van der Waals surface area contributed by atoms with Crippen molar-refractivity contribution in [2.24, 2.45) is 0 Å². The fraction of sp³-hybridized carbons (Fsp3) is 0.333. The van der Waals surface area contributed by atoms with Crippen LogP contribution in [-0.2, 0) is 0 Å². The van der Waals surface area contributed by atoms with E-state index in [0.717, 1.165) is 17.0 Å². The molecule has 1 N–H and O–H groups in total. The number of nitrogens with one attached hydrogen (secondary N) is 1. The first-order valence-electron chi connectivity index (χ1n) is 5.16. The maximum Gasteiger partial charge on any atom is 0.231 e. The van der Waals surface area contributed by atoms with Gasteiger partial charge in [0.05, 0.1) is 0 Å². The van der Waals surface area contributed by atoms with Crippen molar-refractivity contribution in [3.63, 3.8) is 0 Å². The Morgan fingerprint density at radius 1 is 1.13 bits per heavy atom. The molecule has 3 rings (SSSR count). The molecule has 1 aromatic heterocycles. The van der Waals surface area contributed by atoms with Crippen LogP contribution in [0.3, 0.4) is 0 Å². The van der Waals surface area contributed by atoms with E-state index in [2.05, 4.69) is 24.9 Å². The molecule has 1 aliphatic heterocycles. The molecule has 0 bridgehead atoms. The van der Waals surface area contributed by atoms with E-state index in [-0.39, 0.29) is 0 Å². The van der Waals surface area contributed by atoms with E-state index in [1.165, 1.54) is 11.1 Å². The number of benzene rings is 1. The Kier molecular flexibility index (Phi) is 1.69. The Labute approximate surface area is 88.0 Å². The molecule has 15 heavy (non-hydrogen) atoms. The first kappa shape index (κ1) is 8.65. The van der Waals surface area contributed by atoms with Crippen molar-refractivity contribution in [1.29, 1.82) is 0 Å². The lowest BCUT2D eigenvalue weighted by atomic mass is 10.1. The number of fused-ring (bicyclic) bond motifs is 2. The van der Waals surface area contributed by atoms with Crippen LogP contribution in [0, 0.1) is 0 Å². The second-order valence-electron chi connectivity index (χ2n) is 4.17. The number of hydrogen-bond donors (Lipinski definition) is 1. The topological polar surface area (TPSA) is 34.2 Å². The monoisotopic (exact) mass is 203 g/mol. The van der Waals surface area contributed by atoms with Crippen molar-refractivity contribution in [2.45, 2.75) is 19.8 Å². The summed E-state index contributed by atoms with van der Waals surface area (Å²) in [6.07, 6.45) is 0. The number of hydrogen-bond acceptors (Lipinski definition) is 2. The van der Waals surface area contributed by atoms with Crippen LogP contribution in [0.1, 0.15) is 25.5 Å². The number of aromatic amines is 1. The third kappa shape index (κ3) is 1.27. The number of aromatic nitrogens is 1. The standard InChI is InChI=1S/C12H13NO2/c1-7(2)9-3-8-4-11-12(15-6-14-11)5-10(8)13-9/h3-5,7,13H,6H2,1-2H3. The minimum absolute atomic E-state index is 0.332. The van der Waals surface area contributed by atoms with Crippen molar-refractivity contribution in [3.8, 4) is 11.5 Å². The van der Waals surface area contributed by atoms with E-state index in [1.807, 2.05) is 12.1 Å². The normalized spacial score (nSPS) is 14.1. The average Bonchev–Trinajstić information content (AvgIpc) is 2.77. The predicted octanol–water partition coefficient (Wildman–Crippen LogP) is 3.02. The summed E-state index contributed by atoms with van der Waals surface area (Å²) < 4.78 is 10.7. The lowest BCUT2D eigenvalue weighted by molar-refractivity contribution is 0.174. The molecule has 0 unspecified atom stereocenters. The van der Waals surface area contributed by atoms with E-state index in [9.17, 15) is 0 Å². The first-order chi connectivity index (χ1) is 7.24. The minimum Gasteiger partial charge on any atom is -0.454 e. The second-order valence-corrected chi connectivity index (χ2v) is 4.17. The van der Waals surface area contributed by atoms with Crippen LogP contribution in [-0.4, -0.2) is 11.8 Å². The van der Waals surface area contributed by atoms with Gasteiger partial charge in [-0.1, -0.05) is 13.8 Å². The summed E-state index contributed by atoms with van der Waals surface area (Å²) in [7, 11) is 0. The van der Waals surface area contributed by atoms with E-state index in [4.69, 9.17) is 9.47 Å². The summed E-state index contributed by atoms with van der Waals surface area (Å²) in [5, 5.41) is 1.18. The van der Waals surface area contributed by atoms with Crippen LogP contribution in [0.5, 0.6) is 11.5 Å². The van der Waals surface area contributed by atoms with Crippen LogP contribution < -0.4 is 9.47 Å². The highest BCUT2D eigenvalue weighted by molar-refractivity contribution is 5.84. The molecule has 1 aliphatic rings. The van der Waals surface area contributed by atoms with Gasteiger partial charge in [0.15, 0.2) is 11.5 Å². The highest BCUT2D eigenvalue weighted by Crippen LogP contribution is 2.36. The lowest BCUT2D eigenvalue weighted by Gasteiger charge is -1.98. The highest BCUT2D eigenvalue weighted by Gasteiger charge is 2.15. The Hall–Kier alpha value is -1.64. The van der Waals surface area contributed by atoms with Gasteiger partial charge in [0, 0.05) is 22.7 Å². The van der Waals surface area contributed by atoms with Gasteiger partial charge in [-0.15, -0.1) is 0 Å². The minimum atomic E-state index is 0.332. The predicted molar refractivity (Wildman–Crippen MR) is 58.5 cm³/mol. The molecule has 2 aromatic rings. The van der Waals surface area contributed by atoms with Crippen LogP contribution in [0.15, 0.2) is 18.2 Å². The van der Waals surface area contributed by atoms with Crippen molar-refractivity contribution in [2.75, 3.05) is 6.79 Å². The molecule has 3 heteroatoms. The summed E-state index contributed by atoms with van der Waals surface area (Å²) >= 11 is 0. The van der Waals surface area contributed by atoms with Crippen molar-refractivity contribution in [3.05, 3.63) is 23.9 Å². The molecular weight excluding hydrogens is 190 g/mol. The molecular formula is C12H13NO2. The largest absolute Gasteiger partial charge is 0.454 e. The van der Waals surface area contributed by atoms with Crippen molar-refractivity contribution in [1.82, 2.24) is 4.98 Å². The molecule has 0 saturated heterocycles. The summed E-state index contributed by atoms with van der Waals surface area (Å²) in [5.74, 6) is 2.19. The second kappa shape index (κ2) is 2.92. The lowest BCUT2D eigenvalue weighted by Crippen LogP contribution is -1.92. The van der Waals surface area contributed by atoms with Gasteiger partial charge in [-0.3, -0.25) is 0 Å². The van der Waals surface area contributed by atoms with E-state index in [0.29, 0.717) is 12.7 Å². The zero-order chi connectivity index (χ0) is 10.4. The van der Waals surface area contributed by atoms with Crippen molar-refractivity contribution < 1.29 is 9.47 Å². The maximum absolute atomic E-state index is 5.34. The molecule has 78 valence electrons. The van der Waals surface area contributed by atoms with Gasteiger partial charge in [-0.25, -0.2) is 0 Å². The smallest absolute Gasteiger partial charge is 0.231 e. The Morgan fingerprint density at radius 2 is 1.87 bits per heavy atom. The zero-order valence-corrected chi connectivity index (χ0v) is 8.83. The van der Waals surface area contributed by atoms with Crippen LogP contribution in [0.25, 0.3) is 10.9 Å². The Balaban J connectivity index is 2.20. The molecule has 0 atom stereocenters. The molecule has 0 fully saturated rings. The molecule has 3 nitrogen and oxygen atoms in total. The van der Waals surface area contributed by atoms with E-state index in [1.54, 1.807) is 0 Å². The number of rotatable bonds is 1. The van der Waals surface area contributed by atoms with Gasteiger partial charge in [0.2, 0.25) is 6.79 Å². The zero-order valence-electron chi connectivity index (χ0n) is 8.83. The summed E-state index contributed by atoms with van der Waals surface area (Å²) in [6.45, 7) is 4.68. The SMILES string of the molecule is CC(C)c1cc2cc3c(cc2[nH]1)OCO3. The van der Waals surface area contributed by atoms with Crippen LogP contribution >= 0.6 is 0 Å². The van der Waals surface area contributed by atoms with Gasteiger partial charge in [0.25, 0.3) is 0 Å². The fourth-order valence-electron chi connectivity index (χ4n) is 1.86. The Morgan fingerprint density at radius 3 is 2.60 bits per heavy atom. The fourth-order valence-corrected chi connectivity index (χ4v) is 1.86. The molecule has 1 aromatic carbocycles. The molecule has 0 amide bonds. The highest BCUT2D eigenvalue weighted by atomic mass is 16.7. The third-order valence-electron chi connectivity index (χ3n) is 2.76. The van der Waals surface area contributed by atoms with Crippen molar-refractivity contribution >= 4 is 10.9 Å². The maximum atomic E-state index is 5.34. The van der Waals surface area contributed by atoms with Gasteiger partial charge < -0.3 is 14.5 Å². The molecule has 0 spiro atoms. The van der Waals surface area contributed by atoms with Crippen LogP contribution in [0.2, 0.25) is 0 Å². The first-order valence-corrected chi connectivity index (χ1v) is 5.16. The number of ether oxygens (including phenoxy) is 2. The van der Waals surface area contributed by atoms with E-state index < -0.39 is 0 Å². The summed E-state index contributed by atoms with van der Waals surface area (Å²) in [6, 6.07) is 6.20. The van der Waals surface area contributed by atoms with Gasteiger partial charge >= 0.3 is 0 Å². The quantitative estimate of drug-likeness (QED) is 0.773. The van der Waals surface area contributed by atoms with Gasteiger partial charge in [-0.2, -0.15) is 0 Å².